The third-order valence-electron chi connectivity index (χ3n) is 6.24. The van der Waals surface area contributed by atoms with Gasteiger partial charge in [0, 0.05) is 12.1 Å². The summed E-state index contributed by atoms with van der Waals surface area (Å²) in [6.07, 6.45) is 12.2. The maximum Gasteiger partial charge on any atom is 0.328 e. The highest BCUT2D eigenvalue weighted by Crippen LogP contribution is 2.27. The summed E-state index contributed by atoms with van der Waals surface area (Å²) in [5, 5.41) is 0. The van der Waals surface area contributed by atoms with Gasteiger partial charge in [-0.15, -0.1) is 0 Å². The van der Waals surface area contributed by atoms with Gasteiger partial charge in [0.2, 0.25) is 5.78 Å². The fourth-order valence-electron chi connectivity index (χ4n) is 4.54. The quantitative estimate of drug-likeness (QED) is 0.279. The second-order valence-corrected chi connectivity index (χ2v) is 8.37. The van der Waals surface area contributed by atoms with Crippen LogP contribution in [0.4, 0.5) is 0 Å². The standard InChI is InChI=1S/C24H33NO4/c26-22(20-14-5-2-6-15-20)23(27)25-17-9-7-16-21(25)24(28)29-18-10-8-13-19-11-3-1-4-12-19/h2,5-6,14-15,19,21H,1,3-4,7-13,16-18H2. The van der Waals surface area contributed by atoms with Gasteiger partial charge < -0.3 is 9.64 Å². The van der Waals surface area contributed by atoms with E-state index >= 15 is 0 Å². The molecular weight excluding hydrogens is 366 g/mol. The predicted octanol–water partition coefficient (Wildman–Crippen LogP) is 4.54. The molecule has 1 atom stereocenters. The van der Waals surface area contributed by atoms with Crippen LogP contribution < -0.4 is 0 Å². The van der Waals surface area contributed by atoms with Crippen LogP contribution in [-0.4, -0.2) is 41.8 Å². The van der Waals surface area contributed by atoms with E-state index in [2.05, 4.69) is 0 Å². The van der Waals surface area contributed by atoms with Crippen LogP contribution in [0.3, 0.4) is 0 Å². The van der Waals surface area contributed by atoms with Crippen molar-refractivity contribution < 1.29 is 19.1 Å². The van der Waals surface area contributed by atoms with Crippen molar-refractivity contribution in [2.45, 2.75) is 76.7 Å². The van der Waals surface area contributed by atoms with Crippen molar-refractivity contribution in [2.24, 2.45) is 5.92 Å². The van der Waals surface area contributed by atoms with Crippen LogP contribution in [0.5, 0.6) is 0 Å². The number of hydrogen-bond donors (Lipinski definition) is 0. The summed E-state index contributed by atoms with van der Waals surface area (Å²) in [7, 11) is 0. The molecule has 1 saturated heterocycles. The molecular formula is C24H33NO4. The maximum absolute atomic E-state index is 12.7. The normalized spacial score (nSPS) is 20.3. The van der Waals surface area contributed by atoms with E-state index in [0.29, 0.717) is 25.1 Å². The molecule has 1 aliphatic heterocycles. The molecule has 0 spiro atoms. The third-order valence-corrected chi connectivity index (χ3v) is 6.24. The first-order valence-corrected chi connectivity index (χ1v) is 11.2. The van der Waals surface area contributed by atoms with Crippen LogP contribution in [-0.2, 0) is 14.3 Å². The van der Waals surface area contributed by atoms with E-state index in [-0.39, 0.29) is 5.97 Å². The van der Waals surface area contributed by atoms with E-state index in [1.807, 2.05) is 0 Å². The number of hydrogen-bond acceptors (Lipinski definition) is 4. The van der Waals surface area contributed by atoms with Gasteiger partial charge in [-0.3, -0.25) is 9.59 Å². The Bertz CT molecular complexity index is 681. The highest BCUT2D eigenvalue weighted by atomic mass is 16.5. The lowest BCUT2D eigenvalue weighted by atomic mass is 9.86. The second-order valence-electron chi connectivity index (χ2n) is 8.37. The van der Waals surface area contributed by atoms with Gasteiger partial charge in [-0.25, -0.2) is 4.79 Å². The number of ether oxygens (including phenoxy) is 1. The van der Waals surface area contributed by atoms with Crippen molar-refractivity contribution in [3.8, 4) is 0 Å². The van der Waals surface area contributed by atoms with Gasteiger partial charge in [-0.1, -0.05) is 68.9 Å². The van der Waals surface area contributed by atoms with Crippen molar-refractivity contribution in [1.29, 1.82) is 0 Å². The molecule has 0 aromatic heterocycles. The lowest BCUT2D eigenvalue weighted by molar-refractivity contribution is -0.155. The van der Waals surface area contributed by atoms with Gasteiger partial charge in [-0.05, 0) is 38.0 Å². The third kappa shape index (κ3) is 6.15. The topological polar surface area (TPSA) is 63.7 Å². The zero-order chi connectivity index (χ0) is 20.5. The lowest BCUT2D eigenvalue weighted by Gasteiger charge is -2.33. The molecule has 2 aliphatic rings. The molecule has 3 rings (SSSR count). The summed E-state index contributed by atoms with van der Waals surface area (Å²) in [5.74, 6) is -0.681. The van der Waals surface area contributed by atoms with Crippen LogP contribution >= 0.6 is 0 Å². The molecule has 1 amide bonds. The van der Waals surface area contributed by atoms with Crippen molar-refractivity contribution in [1.82, 2.24) is 4.90 Å². The molecule has 1 heterocycles. The minimum atomic E-state index is -0.637. The summed E-state index contributed by atoms with van der Waals surface area (Å²) in [4.78, 5) is 39.3. The smallest absolute Gasteiger partial charge is 0.328 e. The van der Waals surface area contributed by atoms with Crippen molar-refractivity contribution in [3.05, 3.63) is 35.9 Å². The Balaban J connectivity index is 1.46. The molecule has 1 unspecified atom stereocenters. The maximum atomic E-state index is 12.7. The fraction of sp³-hybridized carbons (Fsp3) is 0.625. The number of benzene rings is 1. The molecule has 2 fully saturated rings. The molecule has 0 bridgehead atoms. The number of likely N-dealkylation sites (tertiary alicyclic amines) is 1. The van der Waals surface area contributed by atoms with Crippen molar-refractivity contribution >= 4 is 17.7 Å². The molecule has 5 nitrogen and oxygen atoms in total. The molecule has 0 radical (unpaired) electrons. The first kappa shape index (κ1) is 21.5. The minimum absolute atomic E-state index is 0.359. The van der Waals surface area contributed by atoms with Gasteiger partial charge in [0.25, 0.3) is 5.91 Å². The van der Waals surface area contributed by atoms with Crippen LogP contribution in [0.15, 0.2) is 30.3 Å². The number of ketones is 1. The predicted molar refractivity (Wildman–Crippen MR) is 112 cm³/mol. The number of nitrogens with zero attached hydrogens (tertiary/aromatic N) is 1. The van der Waals surface area contributed by atoms with Gasteiger partial charge in [0.15, 0.2) is 0 Å². The number of unbranched alkanes of at least 4 members (excludes halogenated alkanes) is 1. The summed E-state index contributed by atoms with van der Waals surface area (Å²) in [6.45, 7) is 0.829. The first-order chi connectivity index (χ1) is 14.2. The largest absolute Gasteiger partial charge is 0.464 e. The number of rotatable bonds is 8. The number of carbonyl (C=O) groups excluding carboxylic acids is 3. The molecule has 1 saturated carbocycles. The van der Waals surface area contributed by atoms with Crippen molar-refractivity contribution in [3.63, 3.8) is 0 Å². The average Bonchev–Trinajstić information content (AvgIpc) is 2.79. The summed E-state index contributed by atoms with van der Waals surface area (Å²) in [5.41, 5.74) is 0.359. The van der Waals surface area contributed by atoms with E-state index in [1.165, 1.54) is 43.4 Å². The Kier molecular flexibility index (Phi) is 8.26. The van der Waals surface area contributed by atoms with Gasteiger partial charge >= 0.3 is 5.97 Å². The summed E-state index contributed by atoms with van der Waals surface area (Å²) < 4.78 is 5.49. The van der Waals surface area contributed by atoms with E-state index < -0.39 is 17.7 Å². The molecule has 158 valence electrons. The average molecular weight is 400 g/mol. The first-order valence-electron chi connectivity index (χ1n) is 11.2. The van der Waals surface area contributed by atoms with E-state index in [9.17, 15) is 14.4 Å². The minimum Gasteiger partial charge on any atom is -0.464 e. The zero-order valence-corrected chi connectivity index (χ0v) is 17.3. The zero-order valence-electron chi connectivity index (χ0n) is 17.3. The van der Waals surface area contributed by atoms with Crippen LogP contribution in [0.25, 0.3) is 0 Å². The fourth-order valence-corrected chi connectivity index (χ4v) is 4.54. The Morgan fingerprint density at radius 3 is 2.38 bits per heavy atom. The van der Waals surface area contributed by atoms with E-state index in [1.54, 1.807) is 30.3 Å². The van der Waals surface area contributed by atoms with Gasteiger partial charge in [0.05, 0.1) is 6.61 Å². The molecule has 29 heavy (non-hydrogen) atoms. The number of carbonyl (C=O) groups is 3. The van der Waals surface area contributed by atoms with E-state index in [4.69, 9.17) is 4.74 Å². The van der Waals surface area contributed by atoms with Crippen LogP contribution in [0.1, 0.15) is 81.0 Å². The number of esters is 1. The number of piperidine rings is 1. The monoisotopic (exact) mass is 399 g/mol. The molecule has 1 aromatic rings. The molecule has 0 N–H and O–H groups in total. The Hall–Kier alpha value is -2.17. The van der Waals surface area contributed by atoms with Crippen LogP contribution in [0, 0.1) is 5.92 Å². The molecule has 1 aromatic carbocycles. The number of Topliss-reactive ketones (excluding diaryl/α,β-unsaturated/α-hetero) is 1. The van der Waals surface area contributed by atoms with Crippen LogP contribution in [0.2, 0.25) is 0 Å². The number of amides is 1. The van der Waals surface area contributed by atoms with Gasteiger partial charge in [0.1, 0.15) is 6.04 Å². The highest BCUT2D eigenvalue weighted by molar-refractivity contribution is 6.43. The Labute approximate surface area is 173 Å². The summed E-state index contributed by atoms with van der Waals surface area (Å²) in [6, 6.07) is 7.89. The molecule has 5 heteroatoms. The SMILES string of the molecule is O=C(C(=O)N1CCCCC1C(=O)OCCCCC1CCCCC1)c1ccccc1. The van der Waals surface area contributed by atoms with E-state index in [0.717, 1.165) is 31.6 Å². The lowest BCUT2D eigenvalue weighted by Crippen LogP contribution is -2.51. The summed E-state index contributed by atoms with van der Waals surface area (Å²) >= 11 is 0. The van der Waals surface area contributed by atoms with Crippen molar-refractivity contribution in [2.75, 3.05) is 13.2 Å². The highest BCUT2D eigenvalue weighted by Gasteiger charge is 2.36. The Morgan fingerprint density at radius 2 is 1.62 bits per heavy atom. The van der Waals surface area contributed by atoms with Gasteiger partial charge in [-0.2, -0.15) is 0 Å². The second kappa shape index (κ2) is 11.1. The Morgan fingerprint density at radius 1 is 0.897 bits per heavy atom. The molecule has 1 aliphatic carbocycles.